The van der Waals surface area contributed by atoms with Crippen molar-refractivity contribution in [3.8, 4) is 0 Å². The summed E-state index contributed by atoms with van der Waals surface area (Å²) < 4.78 is 22.7. The molecule has 0 atom stereocenters. The summed E-state index contributed by atoms with van der Waals surface area (Å²) in [5.74, 6) is 0. The predicted molar refractivity (Wildman–Crippen MR) is 53.0 cm³/mol. The molecule has 0 aromatic heterocycles. The Balaban J connectivity index is 3.23. The average molecular weight is 218 g/mol. The van der Waals surface area contributed by atoms with Crippen LogP contribution in [-0.2, 0) is 9.84 Å². The van der Waals surface area contributed by atoms with Crippen molar-refractivity contribution in [2.75, 3.05) is 5.73 Å². The van der Waals surface area contributed by atoms with Crippen LogP contribution in [0.2, 0.25) is 0 Å². The maximum absolute atomic E-state index is 11.4. The number of hydrogen-bond donors (Lipinski definition) is 1. The van der Waals surface area contributed by atoms with E-state index in [1.807, 2.05) is 0 Å². The van der Waals surface area contributed by atoms with Gasteiger partial charge in [0.1, 0.15) is 0 Å². The van der Waals surface area contributed by atoms with E-state index in [2.05, 4.69) is 0 Å². The Kier molecular flexibility index (Phi) is 2.95. The van der Waals surface area contributed by atoms with E-state index < -0.39 is 9.84 Å². The van der Waals surface area contributed by atoms with Gasteiger partial charge in [0.05, 0.1) is 4.90 Å². The highest BCUT2D eigenvalue weighted by atomic mass is 35.5. The molecule has 70 valence electrons. The van der Waals surface area contributed by atoms with Crippen LogP contribution in [-0.4, -0.2) is 8.42 Å². The van der Waals surface area contributed by atoms with E-state index in [4.69, 9.17) is 17.3 Å². The smallest absolute Gasteiger partial charge is 0.200 e. The van der Waals surface area contributed by atoms with Crippen LogP contribution in [0.25, 0.3) is 0 Å². The van der Waals surface area contributed by atoms with Crippen molar-refractivity contribution in [3.63, 3.8) is 0 Å². The van der Waals surface area contributed by atoms with Gasteiger partial charge in [0.25, 0.3) is 0 Å². The molecule has 2 N–H and O–H groups in total. The van der Waals surface area contributed by atoms with Crippen molar-refractivity contribution in [3.05, 3.63) is 35.2 Å². The van der Waals surface area contributed by atoms with Gasteiger partial charge in [-0.3, -0.25) is 0 Å². The van der Waals surface area contributed by atoms with Crippen LogP contribution in [0.3, 0.4) is 0 Å². The second kappa shape index (κ2) is 3.81. The highest BCUT2D eigenvalue weighted by Gasteiger charge is 2.09. The lowest BCUT2D eigenvalue weighted by atomic mass is 10.3. The maximum atomic E-state index is 11.4. The molecule has 3 nitrogen and oxygen atoms in total. The van der Waals surface area contributed by atoms with Gasteiger partial charge in [-0.05, 0) is 18.2 Å². The van der Waals surface area contributed by atoms with E-state index in [0.717, 1.165) is 10.9 Å². The number of hydrogen-bond acceptors (Lipinski definition) is 3. The number of anilines is 1. The third kappa shape index (κ3) is 2.47. The molecule has 1 aromatic carbocycles. The molecule has 0 aliphatic heterocycles. The van der Waals surface area contributed by atoms with Gasteiger partial charge in [0.2, 0.25) is 9.84 Å². The molecule has 0 heterocycles. The Morgan fingerprint density at radius 2 is 2.08 bits per heavy atom. The summed E-state index contributed by atoms with van der Waals surface area (Å²) in [6.45, 7) is 0. The van der Waals surface area contributed by atoms with Crippen molar-refractivity contribution >= 4 is 27.1 Å². The molecule has 5 heteroatoms. The number of benzene rings is 1. The normalized spacial score (nSPS) is 12.1. The van der Waals surface area contributed by atoms with Gasteiger partial charge in [-0.25, -0.2) is 8.42 Å². The molecule has 0 aliphatic carbocycles. The summed E-state index contributed by atoms with van der Waals surface area (Å²) in [6, 6.07) is 6.03. The fraction of sp³-hybridized carbons (Fsp3) is 0. The monoisotopic (exact) mass is 217 g/mol. The average Bonchev–Trinajstić information content (AvgIpc) is 2.04. The number of nitrogens with two attached hydrogens (primary N) is 1. The highest BCUT2D eigenvalue weighted by Crippen LogP contribution is 2.15. The first-order chi connectivity index (χ1) is 6.06. The Labute approximate surface area is 81.7 Å². The van der Waals surface area contributed by atoms with Crippen LogP contribution in [0, 0.1) is 0 Å². The number of sulfone groups is 1. The van der Waals surface area contributed by atoms with Gasteiger partial charge in [-0.15, -0.1) is 0 Å². The lowest BCUT2D eigenvalue weighted by Gasteiger charge is -1.98. The SMILES string of the molecule is Nc1cccc(S(=O)(=O)C=CCl)c1. The zero-order valence-corrected chi connectivity index (χ0v) is 8.22. The standard InChI is InChI=1S/C8H8ClNO2S/c9-4-5-13(11,12)8-3-1-2-7(10)6-8/h1-6H,10H2. The van der Waals surface area contributed by atoms with E-state index in [9.17, 15) is 8.42 Å². The molecule has 0 spiro atoms. The first kappa shape index (κ1) is 10.1. The predicted octanol–water partition coefficient (Wildman–Crippen LogP) is 1.75. The van der Waals surface area contributed by atoms with E-state index in [1.54, 1.807) is 12.1 Å². The molecule has 0 amide bonds. The second-order valence-corrected chi connectivity index (χ2v) is 4.47. The molecule has 0 saturated carbocycles. The minimum absolute atomic E-state index is 0.143. The van der Waals surface area contributed by atoms with E-state index in [1.165, 1.54) is 12.1 Å². The van der Waals surface area contributed by atoms with Crippen molar-refractivity contribution in [1.82, 2.24) is 0 Å². The van der Waals surface area contributed by atoms with Crippen LogP contribution in [0.4, 0.5) is 5.69 Å². The zero-order chi connectivity index (χ0) is 9.90. The highest BCUT2D eigenvalue weighted by molar-refractivity contribution is 7.94. The number of halogens is 1. The molecule has 13 heavy (non-hydrogen) atoms. The molecule has 0 bridgehead atoms. The van der Waals surface area contributed by atoms with Crippen LogP contribution in [0.1, 0.15) is 0 Å². The van der Waals surface area contributed by atoms with Gasteiger partial charge in [-0.1, -0.05) is 17.7 Å². The first-order valence-electron chi connectivity index (χ1n) is 3.43. The quantitative estimate of drug-likeness (QED) is 0.768. The summed E-state index contributed by atoms with van der Waals surface area (Å²) in [5.41, 5.74) is 6.79. The molecular formula is C8H8ClNO2S. The third-order valence-corrected chi connectivity index (χ3v) is 3.10. The largest absolute Gasteiger partial charge is 0.399 e. The summed E-state index contributed by atoms with van der Waals surface area (Å²) >= 11 is 5.18. The lowest BCUT2D eigenvalue weighted by Crippen LogP contribution is -1.96. The molecule has 1 aromatic rings. The fourth-order valence-corrected chi connectivity index (χ4v) is 2.11. The molecule has 1 rings (SSSR count). The van der Waals surface area contributed by atoms with Gasteiger partial charge in [0.15, 0.2) is 0 Å². The van der Waals surface area contributed by atoms with Crippen LogP contribution >= 0.6 is 11.6 Å². The Hall–Kier alpha value is -1.00. The molecule has 0 fully saturated rings. The van der Waals surface area contributed by atoms with Gasteiger partial charge < -0.3 is 5.73 Å². The minimum atomic E-state index is -3.43. The fourth-order valence-electron chi connectivity index (χ4n) is 0.838. The maximum Gasteiger partial charge on any atom is 0.200 e. The Morgan fingerprint density at radius 3 is 2.62 bits per heavy atom. The van der Waals surface area contributed by atoms with Crippen LogP contribution in [0.15, 0.2) is 40.1 Å². The Bertz CT molecular complexity index is 426. The minimum Gasteiger partial charge on any atom is -0.399 e. The van der Waals surface area contributed by atoms with Crippen molar-refractivity contribution < 1.29 is 8.42 Å². The van der Waals surface area contributed by atoms with Gasteiger partial charge in [-0.2, -0.15) is 0 Å². The Morgan fingerprint density at radius 1 is 1.38 bits per heavy atom. The van der Waals surface area contributed by atoms with Gasteiger partial charge in [0, 0.05) is 16.6 Å². The second-order valence-electron chi connectivity index (χ2n) is 2.38. The van der Waals surface area contributed by atoms with Crippen molar-refractivity contribution in [2.24, 2.45) is 0 Å². The third-order valence-electron chi connectivity index (χ3n) is 1.42. The topological polar surface area (TPSA) is 60.2 Å². The summed E-state index contributed by atoms with van der Waals surface area (Å²) in [7, 11) is -3.43. The summed E-state index contributed by atoms with van der Waals surface area (Å²) in [6.07, 6.45) is 0. The van der Waals surface area contributed by atoms with E-state index >= 15 is 0 Å². The summed E-state index contributed by atoms with van der Waals surface area (Å²) in [5, 5.41) is 0.920. The van der Waals surface area contributed by atoms with E-state index in [0.29, 0.717) is 5.69 Å². The lowest BCUT2D eigenvalue weighted by molar-refractivity contribution is 0.604. The van der Waals surface area contributed by atoms with Crippen molar-refractivity contribution in [1.29, 1.82) is 0 Å². The molecule has 0 saturated heterocycles. The van der Waals surface area contributed by atoms with Crippen LogP contribution < -0.4 is 5.73 Å². The molecule has 0 radical (unpaired) electrons. The van der Waals surface area contributed by atoms with Gasteiger partial charge >= 0.3 is 0 Å². The molecular weight excluding hydrogens is 210 g/mol. The van der Waals surface area contributed by atoms with Crippen molar-refractivity contribution in [2.45, 2.75) is 4.90 Å². The molecule has 0 aliphatic rings. The summed E-state index contributed by atoms with van der Waals surface area (Å²) in [4.78, 5) is 0.143. The van der Waals surface area contributed by atoms with E-state index in [-0.39, 0.29) is 4.90 Å². The zero-order valence-electron chi connectivity index (χ0n) is 6.64. The van der Waals surface area contributed by atoms with Crippen LogP contribution in [0.5, 0.6) is 0 Å². The number of nitrogen functional groups attached to an aromatic ring is 1. The number of rotatable bonds is 2. The first-order valence-corrected chi connectivity index (χ1v) is 5.42. The molecule has 0 unspecified atom stereocenters.